The average molecular weight is 140 g/mol. The van der Waals surface area contributed by atoms with Gasteiger partial charge in [-0.3, -0.25) is 0 Å². The van der Waals surface area contributed by atoms with Gasteiger partial charge in [0.25, 0.3) is 0 Å². The highest BCUT2D eigenvalue weighted by atomic mass is 16.3. The van der Waals surface area contributed by atoms with Gasteiger partial charge in [-0.05, 0) is 13.5 Å². The summed E-state index contributed by atoms with van der Waals surface area (Å²) < 4.78 is 5.01. The fourth-order valence-electron chi connectivity index (χ4n) is 0.741. The molecule has 0 saturated carbocycles. The standard InChI is InChI=1S/C7H12N2O/c1-3-8-4-7-6(2)10-5-9-7/h5,8H,3-4H2,1-2H3. The van der Waals surface area contributed by atoms with Crippen LogP contribution in [-0.4, -0.2) is 11.5 Å². The number of aryl methyl sites for hydroxylation is 1. The van der Waals surface area contributed by atoms with Crippen LogP contribution >= 0.6 is 0 Å². The number of rotatable bonds is 3. The van der Waals surface area contributed by atoms with E-state index in [1.54, 1.807) is 0 Å². The smallest absolute Gasteiger partial charge is 0.181 e. The first-order chi connectivity index (χ1) is 4.84. The zero-order valence-corrected chi connectivity index (χ0v) is 6.35. The molecule has 0 atom stereocenters. The van der Waals surface area contributed by atoms with E-state index in [-0.39, 0.29) is 0 Å². The van der Waals surface area contributed by atoms with Crippen molar-refractivity contribution in [3.63, 3.8) is 0 Å². The average Bonchev–Trinajstić information content (AvgIpc) is 2.31. The highest BCUT2D eigenvalue weighted by molar-refractivity contribution is 5.03. The van der Waals surface area contributed by atoms with Gasteiger partial charge in [-0.15, -0.1) is 0 Å². The zero-order valence-electron chi connectivity index (χ0n) is 6.35. The van der Waals surface area contributed by atoms with Gasteiger partial charge in [-0.1, -0.05) is 6.92 Å². The lowest BCUT2D eigenvalue weighted by molar-refractivity contribution is 0.522. The summed E-state index contributed by atoms with van der Waals surface area (Å²) in [6, 6.07) is 0. The maximum absolute atomic E-state index is 5.01. The van der Waals surface area contributed by atoms with Gasteiger partial charge in [-0.25, -0.2) is 4.98 Å². The third-order valence-electron chi connectivity index (χ3n) is 1.39. The summed E-state index contributed by atoms with van der Waals surface area (Å²) >= 11 is 0. The van der Waals surface area contributed by atoms with Crippen molar-refractivity contribution < 1.29 is 4.42 Å². The predicted octanol–water partition coefficient (Wildman–Crippen LogP) is 1.09. The molecule has 1 aromatic heterocycles. The van der Waals surface area contributed by atoms with E-state index in [4.69, 9.17) is 4.42 Å². The number of nitrogens with zero attached hydrogens (tertiary/aromatic N) is 1. The summed E-state index contributed by atoms with van der Waals surface area (Å²) in [5.74, 6) is 0.904. The third-order valence-corrected chi connectivity index (χ3v) is 1.39. The molecule has 0 aliphatic carbocycles. The molecule has 0 saturated heterocycles. The van der Waals surface area contributed by atoms with Gasteiger partial charge in [0.05, 0.1) is 5.69 Å². The van der Waals surface area contributed by atoms with Gasteiger partial charge in [0.1, 0.15) is 5.76 Å². The molecule has 1 N–H and O–H groups in total. The predicted molar refractivity (Wildman–Crippen MR) is 38.6 cm³/mol. The second-order valence-corrected chi connectivity index (χ2v) is 2.14. The molecule has 3 nitrogen and oxygen atoms in total. The molecule has 0 aliphatic rings. The molecule has 0 amide bonds. The monoisotopic (exact) mass is 140 g/mol. The lowest BCUT2D eigenvalue weighted by atomic mass is 10.3. The molecule has 1 aromatic rings. The van der Waals surface area contributed by atoms with E-state index in [1.807, 2.05) is 6.92 Å². The van der Waals surface area contributed by atoms with Gasteiger partial charge < -0.3 is 9.73 Å². The maximum Gasteiger partial charge on any atom is 0.181 e. The number of oxazole rings is 1. The van der Waals surface area contributed by atoms with E-state index in [0.717, 1.165) is 24.5 Å². The van der Waals surface area contributed by atoms with Crippen LogP contribution < -0.4 is 5.32 Å². The van der Waals surface area contributed by atoms with E-state index in [1.165, 1.54) is 6.39 Å². The molecule has 0 aliphatic heterocycles. The van der Waals surface area contributed by atoms with Crippen LogP contribution in [0.25, 0.3) is 0 Å². The fourth-order valence-corrected chi connectivity index (χ4v) is 0.741. The first kappa shape index (κ1) is 7.28. The van der Waals surface area contributed by atoms with E-state index in [2.05, 4.69) is 17.2 Å². The Hall–Kier alpha value is -0.830. The number of aromatic nitrogens is 1. The number of nitrogens with one attached hydrogen (secondary N) is 1. The molecule has 0 spiro atoms. The minimum Gasteiger partial charge on any atom is -0.448 e. The molecule has 56 valence electrons. The zero-order chi connectivity index (χ0) is 7.40. The van der Waals surface area contributed by atoms with Crippen molar-refractivity contribution in [3.05, 3.63) is 17.8 Å². The molecule has 0 unspecified atom stereocenters. The van der Waals surface area contributed by atoms with Gasteiger partial charge in [0, 0.05) is 6.54 Å². The summed E-state index contributed by atoms with van der Waals surface area (Å²) in [7, 11) is 0. The van der Waals surface area contributed by atoms with Crippen molar-refractivity contribution in [2.45, 2.75) is 20.4 Å². The summed E-state index contributed by atoms with van der Waals surface area (Å²) in [4.78, 5) is 4.02. The molecule has 0 aromatic carbocycles. The first-order valence-electron chi connectivity index (χ1n) is 3.44. The molecule has 10 heavy (non-hydrogen) atoms. The van der Waals surface area contributed by atoms with Crippen molar-refractivity contribution >= 4 is 0 Å². The summed E-state index contributed by atoms with van der Waals surface area (Å²) in [5.41, 5.74) is 1.00. The van der Waals surface area contributed by atoms with Crippen LogP contribution in [0.2, 0.25) is 0 Å². The maximum atomic E-state index is 5.01. The number of hydrogen-bond donors (Lipinski definition) is 1. The second kappa shape index (κ2) is 3.37. The van der Waals surface area contributed by atoms with E-state index < -0.39 is 0 Å². The van der Waals surface area contributed by atoms with Crippen LogP contribution in [-0.2, 0) is 6.54 Å². The fraction of sp³-hybridized carbons (Fsp3) is 0.571. The van der Waals surface area contributed by atoms with Crippen LogP contribution in [0.3, 0.4) is 0 Å². The van der Waals surface area contributed by atoms with E-state index in [0.29, 0.717) is 0 Å². The molecular weight excluding hydrogens is 128 g/mol. The summed E-state index contributed by atoms with van der Waals surface area (Å²) in [5, 5.41) is 3.17. The topological polar surface area (TPSA) is 38.1 Å². The SMILES string of the molecule is CCNCc1ncoc1C. The molecule has 1 heterocycles. The Morgan fingerprint density at radius 3 is 3.00 bits per heavy atom. The van der Waals surface area contributed by atoms with Crippen molar-refractivity contribution in [2.24, 2.45) is 0 Å². The third kappa shape index (κ3) is 1.57. The van der Waals surface area contributed by atoms with Crippen LogP contribution in [0.15, 0.2) is 10.8 Å². The van der Waals surface area contributed by atoms with Crippen molar-refractivity contribution in [2.75, 3.05) is 6.54 Å². The van der Waals surface area contributed by atoms with Crippen LogP contribution in [0, 0.1) is 6.92 Å². The molecule has 0 fully saturated rings. The lowest BCUT2D eigenvalue weighted by Gasteiger charge is -1.95. The minimum atomic E-state index is 0.804. The van der Waals surface area contributed by atoms with Crippen molar-refractivity contribution in [1.82, 2.24) is 10.3 Å². The van der Waals surface area contributed by atoms with Crippen molar-refractivity contribution in [3.8, 4) is 0 Å². The summed E-state index contributed by atoms with van der Waals surface area (Å²) in [6.07, 6.45) is 1.47. The van der Waals surface area contributed by atoms with Crippen LogP contribution in [0.1, 0.15) is 18.4 Å². The van der Waals surface area contributed by atoms with Crippen molar-refractivity contribution in [1.29, 1.82) is 0 Å². The van der Waals surface area contributed by atoms with E-state index in [9.17, 15) is 0 Å². The molecule has 1 rings (SSSR count). The first-order valence-corrected chi connectivity index (χ1v) is 3.44. The lowest BCUT2D eigenvalue weighted by Crippen LogP contribution is -2.12. The second-order valence-electron chi connectivity index (χ2n) is 2.14. The normalized spacial score (nSPS) is 10.2. The van der Waals surface area contributed by atoms with Gasteiger partial charge in [-0.2, -0.15) is 0 Å². The Kier molecular flexibility index (Phi) is 2.45. The highest BCUT2D eigenvalue weighted by Crippen LogP contribution is 2.02. The van der Waals surface area contributed by atoms with Gasteiger partial charge in [0.2, 0.25) is 0 Å². The Labute approximate surface area is 60.5 Å². The number of hydrogen-bond acceptors (Lipinski definition) is 3. The summed E-state index contributed by atoms with van der Waals surface area (Å²) in [6.45, 7) is 5.75. The molecular formula is C7H12N2O. The Morgan fingerprint density at radius 1 is 1.70 bits per heavy atom. The molecule has 0 radical (unpaired) electrons. The molecule has 3 heteroatoms. The van der Waals surface area contributed by atoms with Gasteiger partial charge in [0.15, 0.2) is 6.39 Å². The Balaban J connectivity index is 2.49. The van der Waals surface area contributed by atoms with Gasteiger partial charge >= 0.3 is 0 Å². The van der Waals surface area contributed by atoms with Crippen LogP contribution in [0.5, 0.6) is 0 Å². The Morgan fingerprint density at radius 2 is 2.50 bits per heavy atom. The van der Waals surface area contributed by atoms with Crippen LogP contribution in [0.4, 0.5) is 0 Å². The van der Waals surface area contributed by atoms with E-state index >= 15 is 0 Å². The largest absolute Gasteiger partial charge is 0.448 e. The molecule has 0 bridgehead atoms. The Bertz CT molecular complexity index is 195. The quantitative estimate of drug-likeness (QED) is 0.683. The highest BCUT2D eigenvalue weighted by Gasteiger charge is 1.99. The minimum absolute atomic E-state index is 0.804.